The molecule has 1 fully saturated rings. The predicted octanol–water partition coefficient (Wildman–Crippen LogP) is 3.45. The highest BCUT2D eigenvalue weighted by atomic mass is 32.1. The smallest absolute Gasteiger partial charge is 0.186 e. The van der Waals surface area contributed by atoms with E-state index < -0.39 is 0 Å². The Morgan fingerprint density at radius 1 is 1.37 bits per heavy atom. The molecule has 106 valence electrons. The zero-order valence-electron chi connectivity index (χ0n) is 12.3. The lowest BCUT2D eigenvalue weighted by Gasteiger charge is -2.25. The summed E-state index contributed by atoms with van der Waals surface area (Å²) in [6.07, 6.45) is 8.42. The van der Waals surface area contributed by atoms with Crippen molar-refractivity contribution in [2.45, 2.75) is 46.1 Å². The van der Waals surface area contributed by atoms with Crippen LogP contribution in [0.3, 0.4) is 0 Å². The second-order valence-electron chi connectivity index (χ2n) is 5.20. The monoisotopic (exact) mass is 279 g/mol. The first-order valence-corrected chi connectivity index (χ1v) is 8.16. The number of hydrogen-bond donors (Lipinski definition) is 1. The fourth-order valence-corrected chi connectivity index (χ4v) is 3.42. The van der Waals surface area contributed by atoms with Crippen molar-refractivity contribution in [3.05, 3.63) is 16.6 Å². The molecular weight excluding hydrogens is 254 g/mol. The van der Waals surface area contributed by atoms with Crippen molar-refractivity contribution >= 4 is 22.5 Å². The molecule has 19 heavy (non-hydrogen) atoms. The van der Waals surface area contributed by atoms with Gasteiger partial charge in [-0.05, 0) is 45.7 Å². The Hall–Kier alpha value is -0.870. The first-order chi connectivity index (χ1) is 9.20. The van der Waals surface area contributed by atoms with E-state index in [2.05, 4.69) is 43.1 Å². The number of piperidine rings is 1. The molecule has 2 rings (SSSR count). The molecule has 1 aromatic heterocycles. The number of rotatable bonds is 5. The van der Waals surface area contributed by atoms with Crippen molar-refractivity contribution in [2.24, 2.45) is 0 Å². The van der Waals surface area contributed by atoms with Gasteiger partial charge in [-0.2, -0.15) is 0 Å². The van der Waals surface area contributed by atoms with Gasteiger partial charge in [0.15, 0.2) is 5.13 Å². The van der Waals surface area contributed by atoms with Crippen molar-refractivity contribution < 1.29 is 0 Å². The van der Waals surface area contributed by atoms with Crippen molar-refractivity contribution in [1.29, 1.82) is 0 Å². The summed E-state index contributed by atoms with van der Waals surface area (Å²) in [5, 5.41) is 4.59. The molecule has 3 nitrogen and oxygen atoms in total. The van der Waals surface area contributed by atoms with Gasteiger partial charge < -0.3 is 10.2 Å². The summed E-state index contributed by atoms with van der Waals surface area (Å²) in [6, 6.07) is 0.421. The Morgan fingerprint density at radius 3 is 2.79 bits per heavy atom. The Labute approximate surface area is 120 Å². The fraction of sp³-hybridized carbons (Fsp3) is 0.667. The minimum Gasteiger partial charge on any atom is -0.348 e. The highest BCUT2D eigenvalue weighted by Crippen LogP contribution is 2.29. The predicted molar refractivity (Wildman–Crippen MR) is 85.1 cm³/mol. The van der Waals surface area contributed by atoms with Gasteiger partial charge in [0.05, 0.1) is 10.6 Å². The number of nitrogens with zero attached hydrogens (tertiary/aromatic N) is 2. The molecule has 0 aliphatic carbocycles. The van der Waals surface area contributed by atoms with Crippen LogP contribution in [0.2, 0.25) is 0 Å². The summed E-state index contributed by atoms with van der Waals surface area (Å²) in [7, 11) is 0. The van der Waals surface area contributed by atoms with Gasteiger partial charge in [-0.15, -0.1) is 0 Å². The van der Waals surface area contributed by atoms with Crippen LogP contribution in [0.4, 0.5) is 5.13 Å². The third-order valence-electron chi connectivity index (χ3n) is 3.51. The largest absolute Gasteiger partial charge is 0.348 e. The van der Waals surface area contributed by atoms with Gasteiger partial charge in [-0.3, -0.25) is 0 Å². The van der Waals surface area contributed by atoms with Crippen molar-refractivity contribution in [2.75, 3.05) is 24.5 Å². The summed E-state index contributed by atoms with van der Waals surface area (Å²) in [6.45, 7) is 9.78. The highest BCUT2D eigenvalue weighted by molar-refractivity contribution is 7.16. The Kier molecular flexibility index (Phi) is 5.40. The molecule has 0 radical (unpaired) electrons. The normalized spacial score (nSPS) is 18.2. The van der Waals surface area contributed by atoms with Gasteiger partial charge in [0, 0.05) is 19.1 Å². The minimum absolute atomic E-state index is 0.421. The van der Waals surface area contributed by atoms with E-state index in [4.69, 9.17) is 4.98 Å². The molecular formula is C15H25N3S. The molecule has 1 aliphatic rings. The Bertz CT molecular complexity index is 419. The molecule has 1 aliphatic heterocycles. The van der Waals surface area contributed by atoms with Crippen LogP contribution in [0.5, 0.6) is 0 Å². The molecule has 0 saturated carbocycles. The SMILES string of the molecule is CCNC(C)/C=C/c1sc(N2CCCCC2)nc1C. The molecule has 0 spiro atoms. The second-order valence-corrected chi connectivity index (χ2v) is 6.21. The van der Waals surface area contributed by atoms with Gasteiger partial charge in [0.1, 0.15) is 0 Å². The van der Waals surface area contributed by atoms with Gasteiger partial charge in [-0.1, -0.05) is 24.3 Å². The second kappa shape index (κ2) is 7.06. The fourth-order valence-electron chi connectivity index (χ4n) is 2.39. The van der Waals surface area contributed by atoms with Crippen LogP contribution in [0.25, 0.3) is 6.08 Å². The lowest BCUT2D eigenvalue weighted by molar-refractivity contribution is 0.576. The highest BCUT2D eigenvalue weighted by Gasteiger charge is 2.15. The maximum Gasteiger partial charge on any atom is 0.186 e. The summed E-state index contributed by atoms with van der Waals surface area (Å²) >= 11 is 1.83. The number of anilines is 1. The van der Waals surface area contributed by atoms with Crippen molar-refractivity contribution in [3.63, 3.8) is 0 Å². The summed E-state index contributed by atoms with van der Waals surface area (Å²) in [5.74, 6) is 0. The van der Waals surface area contributed by atoms with E-state index in [1.165, 1.54) is 42.4 Å². The van der Waals surface area contributed by atoms with Gasteiger partial charge in [0.25, 0.3) is 0 Å². The molecule has 2 heterocycles. The first kappa shape index (κ1) is 14.5. The van der Waals surface area contributed by atoms with Crippen molar-refractivity contribution in [3.8, 4) is 0 Å². The number of aryl methyl sites for hydroxylation is 1. The lowest BCUT2D eigenvalue weighted by atomic mass is 10.1. The van der Waals surface area contributed by atoms with Crippen LogP contribution < -0.4 is 10.2 Å². The van der Waals surface area contributed by atoms with Gasteiger partial charge >= 0.3 is 0 Å². The lowest BCUT2D eigenvalue weighted by Crippen LogP contribution is -2.29. The van der Waals surface area contributed by atoms with E-state index in [9.17, 15) is 0 Å². The third kappa shape index (κ3) is 4.05. The maximum atomic E-state index is 4.73. The quantitative estimate of drug-likeness (QED) is 0.895. The van der Waals surface area contributed by atoms with Crippen molar-refractivity contribution in [1.82, 2.24) is 10.3 Å². The van der Waals surface area contributed by atoms with Crippen LogP contribution in [0.1, 0.15) is 43.7 Å². The van der Waals surface area contributed by atoms with Crippen LogP contribution in [-0.2, 0) is 0 Å². The topological polar surface area (TPSA) is 28.2 Å². The zero-order valence-corrected chi connectivity index (χ0v) is 13.1. The summed E-state index contributed by atoms with van der Waals surface area (Å²) in [4.78, 5) is 8.46. The molecule has 0 aromatic carbocycles. The third-order valence-corrected chi connectivity index (χ3v) is 4.69. The van der Waals surface area contributed by atoms with E-state index in [0.29, 0.717) is 6.04 Å². The molecule has 0 amide bonds. The molecule has 4 heteroatoms. The summed E-state index contributed by atoms with van der Waals surface area (Å²) in [5.41, 5.74) is 1.16. The van der Waals surface area contributed by atoms with E-state index in [0.717, 1.165) is 12.2 Å². The minimum atomic E-state index is 0.421. The van der Waals surface area contributed by atoms with Crippen LogP contribution in [0, 0.1) is 6.92 Å². The molecule has 0 bridgehead atoms. The number of nitrogens with one attached hydrogen (secondary N) is 1. The molecule has 1 aromatic rings. The van der Waals surface area contributed by atoms with Gasteiger partial charge in [0.2, 0.25) is 0 Å². The van der Waals surface area contributed by atoms with Crippen LogP contribution >= 0.6 is 11.3 Å². The number of thiazole rings is 1. The van der Waals surface area contributed by atoms with E-state index in [-0.39, 0.29) is 0 Å². The van der Waals surface area contributed by atoms with E-state index >= 15 is 0 Å². The zero-order chi connectivity index (χ0) is 13.7. The molecule has 1 saturated heterocycles. The Morgan fingerprint density at radius 2 is 2.11 bits per heavy atom. The summed E-state index contributed by atoms with van der Waals surface area (Å²) < 4.78 is 0. The Balaban J connectivity index is 2.03. The average molecular weight is 279 g/mol. The molecule has 1 atom stereocenters. The maximum absolute atomic E-state index is 4.73. The standard InChI is InChI=1S/C15H25N3S/c1-4-16-12(2)8-9-14-13(3)17-15(19-14)18-10-6-5-7-11-18/h8-9,12,16H,4-7,10-11H2,1-3H3/b9-8+. The van der Waals surface area contributed by atoms with Gasteiger partial charge in [-0.25, -0.2) is 4.98 Å². The average Bonchev–Trinajstić information content (AvgIpc) is 2.79. The number of likely N-dealkylation sites (N-methyl/N-ethyl adjacent to an activating group) is 1. The van der Waals surface area contributed by atoms with E-state index in [1.54, 1.807) is 0 Å². The number of hydrogen-bond acceptors (Lipinski definition) is 4. The van der Waals surface area contributed by atoms with E-state index in [1.807, 2.05) is 11.3 Å². The number of aromatic nitrogens is 1. The first-order valence-electron chi connectivity index (χ1n) is 7.34. The molecule has 1 unspecified atom stereocenters. The van der Waals surface area contributed by atoms with Crippen LogP contribution in [0.15, 0.2) is 6.08 Å². The molecule has 1 N–H and O–H groups in total. The van der Waals surface area contributed by atoms with Crippen LogP contribution in [-0.4, -0.2) is 30.7 Å².